The van der Waals surface area contributed by atoms with Crippen molar-refractivity contribution in [2.75, 3.05) is 26.2 Å². The molecule has 0 radical (unpaired) electrons. The molecule has 1 fully saturated rings. The molecule has 0 amide bonds. The molecule has 2 heterocycles. The number of rotatable bonds is 4. The number of thiocarbonyl (C=S) groups is 1. The maximum absolute atomic E-state index is 12.6. The van der Waals surface area contributed by atoms with Gasteiger partial charge in [0.2, 0.25) is 0 Å². The lowest BCUT2D eigenvalue weighted by atomic mass is 10.2. The zero-order chi connectivity index (χ0) is 15.8. The van der Waals surface area contributed by atoms with Crippen molar-refractivity contribution in [2.24, 2.45) is 5.73 Å². The molecule has 1 atom stereocenters. The molecule has 118 valence electrons. The molecule has 2 rings (SSSR count). The van der Waals surface area contributed by atoms with Crippen LogP contribution in [0.25, 0.3) is 0 Å². The monoisotopic (exact) mass is 411 g/mol. The van der Waals surface area contributed by atoms with E-state index in [9.17, 15) is 8.42 Å². The molecular weight excluding hydrogens is 394 g/mol. The molecule has 0 aromatic carbocycles. The molecule has 1 aliphatic heterocycles. The third-order valence-corrected chi connectivity index (χ3v) is 8.49. The van der Waals surface area contributed by atoms with Gasteiger partial charge in [-0.2, -0.15) is 4.31 Å². The fraction of sp³-hybridized carbons (Fsp3) is 0.583. The van der Waals surface area contributed by atoms with Crippen LogP contribution in [-0.2, 0) is 10.0 Å². The first-order valence-corrected chi connectivity index (χ1v) is 9.98. The third-order valence-electron chi connectivity index (χ3n) is 3.66. The minimum atomic E-state index is -3.40. The van der Waals surface area contributed by atoms with Crippen LogP contribution in [-0.4, -0.2) is 54.8 Å². The van der Waals surface area contributed by atoms with Gasteiger partial charge in [-0.05, 0) is 41.4 Å². The van der Waals surface area contributed by atoms with E-state index in [4.69, 9.17) is 18.0 Å². The summed E-state index contributed by atoms with van der Waals surface area (Å²) in [6, 6.07) is 1.72. The minimum absolute atomic E-state index is 0.00276. The average Bonchev–Trinajstić information content (AvgIpc) is 2.78. The number of hydrogen-bond acceptors (Lipinski definition) is 5. The zero-order valence-electron chi connectivity index (χ0n) is 11.9. The van der Waals surface area contributed by atoms with Gasteiger partial charge >= 0.3 is 0 Å². The van der Waals surface area contributed by atoms with Gasteiger partial charge in [-0.1, -0.05) is 12.2 Å². The molecule has 2 N–H and O–H groups in total. The zero-order valence-corrected chi connectivity index (χ0v) is 15.9. The summed E-state index contributed by atoms with van der Waals surface area (Å²) in [5.74, 6) is 0. The number of aryl methyl sites for hydroxylation is 1. The predicted octanol–water partition coefficient (Wildman–Crippen LogP) is 1.80. The SMILES string of the molecule is Cc1cc(S(=O)(=O)N2CCN(C(C)C(N)=S)CC2)sc1Br. The molecule has 1 saturated heterocycles. The fourth-order valence-corrected chi connectivity index (χ4v) is 6.15. The van der Waals surface area contributed by atoms with Crippen molar-refractivity contribution in [3.05, 3.63) is 15.4 Å². The molecule has 0 saturated carbocycles. The first-order valence-electron chi connectivity index (χ1n) is 6.53. The van der Waals surface area contributed by atoms with E-state index in [0.717, 1.165) is 9.35 Å². The topological polar surface area (TPSA) is 66.6 Å². The van der Waals surface area contributed by atoms with Gasteiger partial charge in [0.05, 0.1) is 14.8 Å². The van der Waals surface area contributed by atoms with Crippen LogP contribution in [0.3, 0.4) is 0 Å². The quantitative estimate of drug-likeness (QED) is 0.764. The number of piperazine rings is 1. The largest absolute Gasteiger partial charge is 0.392 e. The van der Waals surface area contributed by atoms with E-state index in [1.54, 1.807) is 6.07 Å². The van der Waals surface area contributed by atoms with E-state index in [1.165, 1.54) is 15.6 Å². The highest BCUT2D eigenvalue weighted by Gasteiger charge is 2.31. The van der Waals surface area contributed by atoms with Gasteiger partial charge in [0, 0.05) is 26.2 Å². The van der Waals surface area contributed by atoms with Crippen molar-refractivity contribution in [2.45, 2.75) is 24.1 Å². The summed E-state index contributed by atoms with van der Waals surface area (Å²) in [4.78, 5) is 2.56. The average molecular weight is 412 g/mol. The van der Waals surface area contributed by atoms with Gasteiger partial charge in [-0.25, -0.2) is 8.42 Å². The summed E-state index contributed by atoms with van der Waals surface area (Å²) in [7, 11) is -3.40. The molecule has 9 heteroatoms. The van der Waals surface area contributed by atoms with E-state index in [2.05, 4.69) is 20.8 Å². The summed E-state index contributed by atoms with van der Waals surface area (Å²) in [5, 5.41) is 0. The van der Waals surface area contributed by atoms with Crippen LogP contribution in [0.4, 0.5) is 0 Å². The van der Waals surface area contributed by atoms with Gasteiger partial charge < -0.3 is 5.73 Å². The highest BCUT2D eigenvalue weighted by atomic mass is 79.9. The Labute approximate surface area is 143 Å². The molecule has 1 aromatic rings. The predicted molar refractivity (Wildman–Crippen MR) is 93.3 cm³/mol. The van der Waals surface area contributed by atoms with Crippen LogP contribution in [0.2, 0.25) is 0 Å². The summed E-state index contributed by atoms with van der Waals surface area (Å²) in [5.41, 5.74) is 6.60. The maximum Gasteiger partial charge on any atom is 0.252 e. The summed E-state index contributed by atoms with van der Waals surface area (Å²) < 4.78 is 28.0. The van der Waals surface area contributed by atoms with Gasteiger partial charge in [0.1, 0.15) is 4.21 Å². The Bertz CT molecular complexity index is 617. The van der Waals surface area contributed by atoms with E-state index < -0.39 is 10.0 Å². The molecule has 0 aliphatic carbocycles. The molecule has 1 aromatic heterocycles. The molecule has 5 nitrogen and oxygen atoms in total. The molecule has 21 heavy (non-hydrogen) atoms. The standard InChI is InChI=1S/C12H18BrN3O2S3/c1-8-7-10(20-11(8)13)21(17,18)16-5-3-15(4-6-16)9(2)12(14)19/h7,9H,3-6H2,1-2H3,(H2,14,19). The van der Waals surface area contributed by atoms with Crippen molar-refractivity contribution < 1.29 is 8.42 Å². The van der Waals surface area contributed by atoms with Gasteiger partial charge in [-0.15, -0.1) is 11.3 Å². The Hall–Kier alpha value is -0.0600. The Morgan fingerprint density at radius 1 is 1.43 bits per heavy atom. The number of hydrogen-bond donors (Lipinski definition) is 1. The highest BCUT2D eigenvalue weighted by molar-refractivity contribution is 9.11. The summed E-state index contributed by atoms with van der Waals surface area (Å²) >= 11 is 9.63. The Balaban J connectivity index is 2.09. The number of thiophene rings is 1. The Kier molecular flexibility index (Phi) is 5.43. The lowest BCUT2D eigenvalue weighted by Crippen LogP contribution is -2.53. The van der Waals surface area contributed by atoms with E-state index in [1.807, 2.05) is 13.8 Å². The van der Waals surface area contributed by atoms with E-state index >= 15 is 0 Å². The lowest BCUT2D eigenvalue weighted by Gasteiger charge is -2.36. The van der Waals surface area contributed by atoms with Crippen LogP contribution >= 0.6 is 39.5 Å². The van der Waals surface area contributed by atoms with Crippen LogP contribution in [0.5, 0.6) is 0 Å². The van der Waals surface area contributed by atoms with Crippen LogP contribution in [0, 0.1) is 6.92 Å². The molecule has 0 spiro atoms. The molecule has 1 aliphatic rings. The van der Waals surface area contributed by atoms with E-state index in [0.29, 0.717) is 35.4 Å². The van der Waals surface area contributed by atoms with Crippen LogP contribution < -0.4 is 5.73 Å². The maximum atomic E-state index is 12.6. The smallest absolute Gasteiger partial charge is 0.252 e. The first kappa shape index (κ1) is 17.3. The third kappa shape index (κ3) is 3.65. The van der Waals surface area contributed by atoms with Crippen LogP contribution in [0.15, 0.2) is 14.1 Å². The van der Waals surface area contributed by atoms with Crippen molar-refractivity contribution in [1.82, 2.24) is 9.21 Å². The van der Waals surface area contributed by atoms with Gasteiger partial charge in [0.15, 0.2) is 0 Å². The molecular formula is C12H18BrN3O2S3. The highest BCUT2D eigenvalue weighted by Crippen LogP contribution is 2.32. The number of nitrogens with two attached hydrogens (primary N) is 1. The second kappa shape index (κ2) is 6.59. The summed E-state index contributed by atoms with van der Waals surface area (Å²) in [6.07, 6.45) is 0. The minimum Gasteiger partial charge on any atom is -0.392 e. The number of nitrogens with zero attached hydrogens (tertiary/aromatic N) is 2. The van der Waals surface area contributed by atoms with Gasteiger partial charge in [0.25, 0.3) is 10.0 Å². The van der Waals surface area contributed by atoms with Crippen molar-refractivity contribution in [3.8, 4) is 0 Å². The number of halogens is 1. The second-order valence-electron chi connectivity index (χ2n) is 5.04. The van der Waals surface area contributed by atoms with Crippen molar-refractivity contribution in [3.63, 3.8) is 0 Å². The van der Waals surface area contributed by atoms with Crippen molar-refractivity contribution in [1.29, 1.82) is 0 Å². The Morgan fingerprint density at radius 3 is 2.43 bits per heavy atom. The molecule has 1 unspecified atom stereocenters. The first-order chi connectivity index (χ1) is 9.73. The Morgan fingerprint density at radius 2 is 2.00 bits per heavy atom. The normalized spacial score (nSPS) is 19.6. The van der Waals surface area contributed by atoms with Crippen LogP contribution in [0.1, 0.15) is 12.5 Å². The molecule has 0 bridgehead atoms. The lowest BCUT2D eigenvalue weighted by molar-refractivity contribution is 0.175. The van der Waals surface area contributed by atoms with Crippen molar-refractivity contribution >= 4 is 54.5 Å². The van der Waals surface area contributed by atoms with E-state index in [-0.39, 0.29) is 6.04 Å². The second-order valence-corrected chi connectivity index (χ2v) is 10.0. The number of sulfonamides is 1. The summed E-state index contributed by atoms with van der Waals surface area (Å²) in [6.45, 7) is 6.05. The van der Waals surface area contributed by atoms with Gasteiger partial charge in [-0.3, -0.25) is 4.90 Å². The fourth-order valence-electron chi connectivity index (χ4n) is 2.20.